The fourth-order valence-corrected chi connectivity index (χ4v) is 2.23. The van der Waals surface area contributed by atoms with Crippen molar-refractivity contribution < 1.29 is 4.79 Å². The molecule has 4 nitrogen and oxygen atoms in total. The van der Waals surface area contributed by atoms with Crippen LogP contribution in [0.4, 0.5) is 11.4 Å². The summed E-state index contributed by atoms with van der Waals surface area (Å²) in [5, 5.41) is 0. The van der Waals surface area contributed by atoms with Gasteiger partial charge >= 0.3 is 0 Å². The van der Waals surface area contributed by atoms with Gasteiger partial charge in [-0.1, -0.05) is 18.2 Å². The topological polar surface area (TPSA) is 36.4 Å². The number of hydrogen-bond acceptors (Lipinski definition) is 3. The summed E-state index contributed by atoms with van der Waals surface area (Å²) in [4.78, 5) is 20.5. The highest BCUT2D eigenvalue weighted by molar-refractivity contribution is 6.04. The smallest absolute Gasteiger partial charge is 0.276 e. The molecule has 110 valence electrons. The molecule has 0 radical (unpaired) electrons. The minimum Gasteiger partial charge on any atom is -0.371 e. The van der Waals surface area contributed by atoms with Gasteiger partial charge in [-0.15, -0.1) is 0 Å². The van der Waals surface area contributed by atoms with Crippen LogP contribution in [0.1, 0.15) is 24.3 Å². The van der Waals surface area contributed by atoms with Crippen LogP contribution in [0.15, 0.2) is 48.7 Å². The first-order valence-electron chi connectivity index (χ1n) is 7.21. The van der Waals surface area contributed by atoms with Crippen molar-refractivity contribution in [2.24, 2.45) is 0 Å². The molecular formula is C17H21N3O. The highest BCUT2D eigenvalue weighted by atomic mass is 16.2. The first kappa shape index (κ1) is 15.0. The van der Waals surface area contributed by atoms with E-state index in [1.165, 1.54) is 0 Å². The summed E-state index contributed by atoms with van der Waals surface area (Å²) in [6.45, 7) is 6.06. The quantitative estimate of drug-likeness (QED) is 0.845. The van der Waals surface area contributed by atoms with Crippen LogP contribution in [-0.4, -0.2) is 31.0 Å². The maximum atomic E-state index is 12.4. The Morgan fingerprint density at radius 3 is 2.19 bits per heavy atom. The summed E-state index contributed by atoms with van der Waals surface area (Å²) in [5.41, 5.74) is 2.35. The van der Waals surface area contributed by atoms with Crippen LogP contribution >= 0.6 is 0 Å². The molecule has 0 spiro atoms. The number of anilines is 2. The largest absolute Gasteiger partial charge is 0.371 e. The van der Waals surface area contributed by atoms with E-state index in [1.807, 2.05) is 36.4 Å². The molecule has 1 aromatic heterocycles. The molecule has 0 bridgehead atoms. The zero-order chi connectivity index (χ0) is 15.2. The number of hydrogen-bond donors (Lipinski definition) is 0. The van der Waals surface area contributed by atoms with E-state index in [-0.39, 0.29) is 5.91 Å². The van der Waals surface area contributed by atoms with Crippen LogP contribution in [0.5, 0.6) is 0 Å². The van der Waals surface area contributed by atoms with Gasteiger partial charge in [0.25, 0.3) is 5.91 Å². The zero-order valence-corrected chi connectivity index (χ0v) is 12.8. The number of aromatic nitrogens is 1. The Kier molecular flexibility index (Phi) is 4.93. The molecule has 21 heavy (non-hydrogen) atoms. The number of carbonyl (C=O) groups is 1. The highest BCUT2D eigenvalue weighted by Gasteiger charge is 2.14. The van der Waals surface area contributed by atoms with Gasteiger partial charge in [0.05, 0.1) is 11.9 Å². The SMILES string of the molecule is CCN(CC)c1ccc(C(=O)N(C)c2ccccc2)nc1. The molecule has 0 N–H and O–H groups in total. The lowest BCUT2D eigenvalue weighted by atomic mass is 10.2. The minimum absolute atomic E-state index is 0.104. The summed E-state index contributed by atoms with van der Waals surface area (Å²) >= 11 is 0. The van der Waals surface area contributed by atoms with Crippen LogP contribution in [-0.2, 0) is 0 Å². The fourth-order valence-electron chi connectivity index (χ4n) is 2.23. The number of nitrogens with zero attached hydrogens (tertiary/aromatic N) is 3. The number of amides is 1. The molecular weight excluding hydrogens is 262 g/mol. The third-order valence-electron chi connectivity index (χ3n) is 3.54. The third kappa shape index (κ3) is 3.40. The summed E-state index contributed by atoms with van der Waals surface area (Å²) in [5.74, 6) is -0.104. The second-order valence-corrected chi connectivity index (χ2v) is 4.77. The Morgan fingerprint density at radius 1 is 1.00 bits per heavy atom. The van der Waals surface area contributed by atoms with Gasteiger partial charge in [-0.2, -0.15) is 0 Å². The molecule has 0 saturated carbocycles. The maximum absolute atomic E-state index is 12.4. The molecule has 0 aliphatic heterocycles. The lowest BCUT2D eigenvalue weighted by Crippen LogP contribution is -2.27. The van der Waals surface area contributed by atoms with Crippen LogP contribution in [0.2, 0.25) is 0 Å². The molecule has 1 heterocycles. The second-order valence-electron chi connectivity index (χ2n) is 4.77. The first-order chi connectivity index (χ1) is 10.2. The van der Waals surface area contributed by atoms with E-state index in [0.717, 1.165) is 24.5 Å². The molecule has 0 aliphatic carbocycles. The molecule has 0 atom stereocenters. The molecule has 2 rings (SSSR count). The Hall–Kier alpha value is -2.36. The molecule has 2 aromatic rings. The van der Waals surface area contributed by atoms with Crippen LogP contribution in [0.3, 0.4) is 0 Å². The standard InChI is InChI=1S/C17H21N3O/c1-4-20(5-2)15-11-12-16(18-13-15)17(21)19(3)14-9-7-6-8-10-14/h6-13H,4-5H2,1-3H3. The lowest BCUT2D eigenvalue weighted by molar-refractivity contribution is 0.0988. The molecule has 0 unspecified atom stereocenters. The van der Waals surface area contributed by atoms with Crippen molar-refractivity contribution in [3.63, 3.8) is 0 Å². The number of benzene rings is 1. The van der Waals surface area contributed by atoms with Crippen molar-refractivity contribution in [2.75, 3.05) is 29.9 Å². The van der Waals surface area contributed by atoms with Crippen LogP contribution < -0.4 is 9.80 Å². The van der Waals surface area contributed by atoms with Crippen molar-refractivity contribution >= 4 is 17.3 Å². The predicted molar refractivity (Wildman–Crippen MR) is 87.0 cm³/mol. The second kappa shape index (κ2) is 6.88. The average molecular weight is 283 g/mol. The van der Waals surface area contributed by atoms with E-state index >= 15 is 0 Å². The number of rotatable bonds is 5. The Morgan fingerprint density at radius 2 is 1.67 bits per heavy atom. The van der Waals surface area contributed by atoms with E-state index in [9.17, 15) is 4.79 Å². The maximum Gasteiger partial charge on any atom is 0.276 e. The van der Waals surface area contributed by atoms with Crippen LogP contribution in [0, 0.1) is 0 Å². The van der Waals surface area contributed by atoms with Gasteiger partial charge in [0.1, 0.15) is 5.69 Å². The normalized spacial score (nSPS) is 10.2. The van der Waals surface area contributed by atoms with E-state index in [2.05, 4.69) is 23.7 Å². The Balaban J connectivity index is 2.17. The van der Waals surface area contributed by atoms with Crippen LogP contribution in [0.25, 0.3) is 0 Å². The molecule has 0 saturated heterocycles. The Bertz CT molecular complexity index is 577. The van der Waals surface area contributed by atoms with E-state index in [1.54, 1.807) is 24.2 Å². The Labute approximate surface area is 126 Å². The van der Waals surface area contributed by atoms with Crippen molar-refractivity contribution in [3.8, 4) is 0 Å². The minimum atomic E-state index is -0.104. The molecule has 0 aliphatic rings. The summed E-state index contributed by atoms with van der Waals surface area (Å²) in [7, 11) is 1.76. The van der Waals surface area contributed by atoms with Gasteiger partial charge in [-0.25, -0.2) is 4.98 Å². The van der Waals surface area contributed by atoms with Crippen molar-refractivity contribution in [1.29, 1.82) is 0 Å². The first-order valence-corrected chi connectivity index (χ1v) is 7.21. The molecule has 1 amide bonds. The van der Waals surface area contributed by atoms with Crippen molar-refractivity contribution in [2.45, 2.75) is 13.8 Å². The van der Waals surface area contributed by atoms with E-state index < -0.39 is 0 Å². The van der Waals surface area contributed by atoms with Gasteiger partial charge in [0.2, 0.25) is 0 Å². The molecule has 1 aromatic carbocycles. The number of carbonyl (C=O) groups excluding carboxylic acids is 1. The lowest BCUT2D eigenvalue weighted by Gasteiger charge is -2.21. The zero-order valence-electron chi connectivity index (χ0n) is 12.8. The van der Waals surface area contributed by atoms with Gasteiger partial charge in [0, 0.05) is 25.8 Å². The van der Waals surface area contributed by atoms with Crippen molar-refractivity contribution in [1.82, 2.24) is 4.98 Å². The van der Waals surface area contributed by atoms with E-state index in [0.29, 0.717) is 5.69 Å². The number of para-hydroxylation sites is 1. The fraction of sp³-hybridized carbons (Fsp3) is 0.294. The average Bonchev–Trinajstić information content (AvgIpc) is 2.56. The number of pyridine rings is 1. The highest BCUT2D eigenvalue weighted by Crippen LogP contribution is 2.16. The monoisotopic (exact) mass is 283 g/mol. The van der Waals surface area contributed by atoms with Gasteiger partial charge in [0.15, 0.2) is 0 Å². The van der Waals surface area contributed by atoms with E-state index in [4.69, 9.17) is 0 Å². The summed E-state index contributed by atoms with van der Waals surface area (Å²) < 4.78 is 0. The van der Waals surface area contributed by atoms with Gasteiger partial charge < -0.3 is 9.80 Å². The van der Waals surface area contributed by atoms with Gasteiger partial charge in [-0.05, 0) is 38.1 Å². The predicted octanol–water partition coefficient (Wildman–Crippen LogP) is 3.20. The van der Waals surface area contributed by atoms with Gasteiger partial charge in [-0.3, -0.25) is 4.79 Å². The summed E-state index contributed by atoms with van der Waals surface area (Å²) in [6.07, 6.45) is 1.76. The third-order valence-corrected chi connectivity index (χ3v) is 3.54. The molecule has 4 heteroatoms. The van der Waals surface area contributed by atoms with Crippen molar-refractivity contribution in [3.05, 3.63) is 54.4 Å². The molecule has 0 fully saturated rings. The summed E-state index contributed by atoms with van der Waals surface area (Å²) in [6, 6.07) is 13.3.